The smallest absolute Gasteiger partial charge is 0.248 e. The molecule has 0 radical (unpaired) electrons. The van der Waals surface area contributed by atoms with E-state index in [0.29, 0.717) is 11.5 Å². The Balaban J connectivity index is 1.65. The van der Waals surface area contributed by atoms with E-state index in [1.54, 1.807) is 24.3 Å². The molecule has 0 unspecified atom stereocenters. The van der Waals surface area contributed by atoms with Gasteiger partial charge < -0.3 is 14.8 Å². The quantitative estimate of drug-likeness (QED) is 0.807. The number of ether oxygens (including phenoxy) is 2. The van der Waals surface area contributed by atoms with Crippen molar-refractivity contribution in [3.63, 3.8) is 0 Å². The van der Waals surface area contributed by atoms with Crippen LogP contribution in [0, 0.1) is 11.3 Å². The molecule has 0 bridgehead atoms. The number of hydrogen-bond acceptors (Lipinski definition) is 4. The molecule has 0 fully saturated rings. The average Bonchev–Trinajstić information content (AvgIpc) is 3.12. The first-order chi connectivity index (χ1) is 12.7. The maximum absolute atomic E-state index is 12.2. The minimum atomic E-state index is -0.188. The Bertz CT molecular complexity index is 881. The SMILES string of the molecule is COc1cc(/C=C/C(=O)Nc2ccc3c(c2)CCC3)ccc1OCC#N. The molecule has 132 valence electrons. The van der Waals surface area contributed by atoms with Gasteiger partial charge in [0.1, 0.15) is 6.07 Å². The van der Waals surface area contributed by atoms with Crippen LogP contribution in [0.3, 0.4) is 0 Å². The van der Waals surface area contributed by atoms with Crippen molar-refractivity contribution in [1.82, 2.24) is 0 Å². The summed E-state index contributed by atoms with van der Waals surface area (Å²) in [6, 6.07) is 13.3. The molecule has 0 heterocycles. The largest absolute Gasteiger partial charge is 0.493 e. The Morgan fingerprint density at radius 2 is 2.04 bits per heavy atom. The first kappa shape index (κ1) is 17.6. The fourth-order valence-electron chi connectivity index (χ4n) is 3.02. The number of benzene rings is 2. The third kappa shape index (κ3) is 4.22. The summed E-state index contributed by atoms with van der Waals surface area (Å²) >= 11 is 0. The summed E-state index contributed by atoms with van der Waals surface area (Å²) in [7, 11) is 1.53. The Kier molecular flexibility index (Phi) is 5.55. The fraction of sp³-hybridized carbons (Fsp3) is 0.238. The van der Waals surface area contributed by atoms with E-state index < -0.39 is 0 Å². The van der Waals surface area contributed by atoms with Crippen molar-refractivity contribution in [3.05, 3.63) is 59.2 Å². The molecule has 0 aliphatic heterocycles. The maximum atomic E-state index is 12.2. The Morgan fingerprint density at radius 1 is 1.19 bits per heavy atom. The summed E-state index contributed by atoms with van der Waals surface area (Å²) in [5, 5.41) is 11.5. The zero-order chi connectivity index (χ0) is 18.4. The molecule has 1 N–H and O–H groups in total. The van der Waals surface area contributed by atoms with E-state index >= 15 is 0 Å². The molecule has 1 aliphatic rings. The number of nitriles is 1. The van der Waals surface area contributed by atoms with Crippen LogP contribution in [0.4, 0.5) is 5.69 Å². The molecule has 2 aromatic rings. The highest BCUT2D eigenvalue weighted by Crippen LogP contribution is 2.28. The highest BCUT2D eigenvalue weighted by molar-refractivity contribution is 6.02. The van der Waals surface area contributed by atoms with E-state index in [0.717, 1.165) is 24.1 Å². The van der Waals surface area contributed by atoms with E-state index in [2.05, 4.69) is 17.4 Å². The van der Waals surface area contributed by atoms with Gasteiger partial charge in [0.05, 0.1) is 7.11 Å². The summed E-state index contributed by atoms with van der Waals surface area (Å²) in [6.45, 7) is -0.0469. The molecule has 2 aromatic carbocycles. The molecule has 1 amide bonds. The van der Waals surface area contributed by atoms with Gasteiger partial charge in [0, 0.05) is 11.8 Å². The number of fused-ring (bicyclic) bond motifs is 1. The number of aryl methyl sites for hydroxylation is 2. The zero-order valence-electron chi connectivity index (χ0n) is 14.6. The number of nitrogens with one attached hydrogen (secondary N) is 1. The minimum Gasteiger partial charge on any atom is -0.493 e. The van der Waals surface area contributed by atoms with Crippen LogP contribution in [0.5, 0.6) is 11.5 Å². The summed E-state index contributed by atoms with van der Waals surface area (Å²) in [4.78, 5) is 12.2. The number of carbonyl (C=O) groups excluding carboxylic acids is 1. The lowest BCUT2D eigenvalue weighted by Crippen LogP contribution is -2.08. The van der Waals surface area contributed by atoms with Crippen LogP contribution in [0.25, 0.3) is 6.08 Å². The fourth-order valence-corrected chi connectivity index (χ4v) is 3.02. The lowest BCUT2D eigenvalue weighted by Gasteiger charge is -2.09. The lowest BCUT2D eigenvalue weighted by atomic mass is 10.1. The molecule has 26 heavy (non-hydrogen) atoms. The number of amides is 1. The number of methoxy groups -OCH3 is 1. The number of rotatable bonds is 6. The van der Waals surface area contributed by atoms with Crippen molar-refractivity contribution in [2.75, 3.05) is 19.0 Å². The van der Waals surface area contributed by atoms with E-state index in [1.165, 1.54) is 30.7 Å². The number of anilines is 1. The van der Waals surface area contributed by atoms with Gasteiger partial charge in [-0.15, -0.1) is 0 Å². The van der Waals surface area contributed by atoms with Crippen molar-refractivity contribution in [2.24, 2.45) is 0 Å². The number of nitrogens with zero attached hydrogens (tertiary/aromatic N) is 1. The molecule has 0 saturated carbocycles. The third-order valence-electron chi connectivity index (χ3n) is 4.27. The van der Waals surface area contributed by atoms with Gasteiger partial charge in [0.15, 0.2) is 18.1 Å². The van der Waals surface area contributed by atoms with Crippen molar-refractivity contribution in [2.45, 2.75) is 19.3 Å². The molecule has 0 spiro atoms. The standard InChI is InChI=1S/C21H20N2O3/c1-25-20-13-15(5-9-19(20)26-12-11-22)6-10-21(24)23-18-8-7-16-3-2-4-17(16)14-18/h5-10,13-14H,2-4,12H2,1H3,(H,23,24)/b10-6+. The molecule has 1 aliphatic carbocycles. The van der Waals surface area contributed by atoms with Gasteiger partial charge in [-0.3, -0.25) is 4.79 Å². The van der Waals surface area contributed by atoms with Crippen LogP contribution in [-0.2, 0) is 17.6 Å². The van der Waals surface area contributed by atoms with Gasteiger partial charge in [-0.2, -0.15) is 5.26 Å². The lowest BCUT2D eigenvalue weighted by molar-refractivity contribution is -0.111. The molecular formula is C21H20N2O3. The molecule has 0 saturated heterocycles. The minimum absolute atomic E-state index is 0.0469. The van der Waals surface area contributed by atoms with Crippen molar-refractivity contribution in [3.8, 4) is 17.6 Å². The summed E-state index contributed by atoms with van der Waals surface area (Å²) < 4.78 is 10.5. The van der Waals surface area contributed by atoms with Crippen LogP contribution >= 0.6 is 0 Å². The molecule has 3 rings (SSSR count). The normalized spacial score (nSPS) is 12.5. The first-order valence-electron chi connectivity index (χ1n) is 8.48. The second kappa shape index (κ2) is 8.21. The highest BCUT2D eigenvalue weighted by atomic mass is 16.5. The predicted octanol–water partition coefficient (Wildman–Crippen LogP) is 3.74. The van der Waals surface area contributed by atoms with E-state index in [9.17, 15) is 4.79 Å². The molecule has 0 aromatic heterocycles. The summed E-state index contributed by atoms with van der Waals surface area (Å²) in [5.74, 6) is 0.821. The zero-order valence-corrected chi connectivity index (χ0v) is 14.6. The van der Waals surface area contributed by atoms with Crippen molar-refractivity contribution < 1.29 is 14.3 Å². The second-order valence-corrected chi connectivity index (χ2v) is 6.02. The Morgan fingerprint density at radius 3 is 2.85 bits per heavy atom. The topological polar surface area (TPSA) is 71.3 Å². The highest BCUT2D eigenvalue weighted by Gasteiger charge is 2.11. The van der Waals surface area contributed by atoms with Crippen molar-refractivity contribution >= 4 is 17.7 Å². The van der Waals surface area contributed by atoms with E-state index in [1.807, 2.05) is 12.1 Å². The van der Waals surface area contributed by atoms with Gasteiger partial charge in [0.25, 0.3) is 0 Å². The summed E-state index contributed by atoms with van der Waals surface area (Å²) in [5.41, 5.74) is 4.32. The maximum Gasteiger partial charge on any atom is 0.248 e. The average molecular weight is 348 g/mol. The van der Waals surface area contributed by atoms with Gasteiger partial charge in [-0.25, -0.2) is 0 Å². The van der Waals surface area contributed by atoms with Crippen LogP contribution in [0.15, 0.2) is 42.5 Å². The molecular weight excluding hydrogens is 328 g/mol. The third-order valence-corrected chi connectivity index (χ3v) is 4.27. The van der Waals surface area contributed by atoms with Crippen molar-refractivity contribution in [1.29, 1.82) is 5.26 Å². The molecule has 0 atom stereocenters. The van der Waals surface area contributed by atoms with Gasteiger partial charge in [-0.1, -0.05) is 12.1 Å². The predicted molar refractivity (Wildman–Crippen MR) is 100 cm³/mol. The van der Waals surface area contributed by atoms with E-state index in [4.69, 9.17) is 14.7 Å². The molecule has 5 nitrogen and oxygen atoms in total. The van der Waals surface area contributed by atoms with E-state index in [-0.39, 0.29) is 12.5 Å². The number of carbonyl (C=O) groups is 1. The van der Waals surface area contributed by atoms with Crippen LogP contribution in [-0.4, -0.2) is 19.6 Å². The monoisotopic (exact) mass is 348 g/mol. The van der Waals surface area contributed by atoms with Crippen LogP contribution in [0.1, 0.15) is 23.1 Å². The van der Waals surface area contributed by atoms with Gasteiger partial charge in [-0.05, 0) is 66.3 Å². The van der Waals surface area contributed by atoms with Crippen LogP contribution < -0.4 is 14.8 Å². The van der Waals surface area contributed by atoms with Gasteiger partial charge >= 0.3 is 0 Å². The first-order valence-corrected chi connectivity index (χ1v) is 8.48. The van der Waals surface area contributed by atoms with Crippen LogP contribution in [0.2, 0.25) is 0 Å². The summed E-state index contributed by atoms with van der Waals surface area (Å²) in [6.07, 6.45) is 6.58. The molecule has 5 heteroatoms. The Hall–Kier alpha value is -3.26. The Labute approximate surface area is 152 Å². The number of hydrogen-bond donors (Lipinski definition) is 1. The second-order valence-electron chi connectivity index (χ2n) is 6.02. The van der Waals surface area contributed by atoms with Gasteiger partial charge in [0.2, 0.25) is 5.91 Å².